The van der Waals surface area contributed by atoms with Crippen LogP contribution in [-0.4, -0.2) is 18.0 Å². The van der Waals surface area contributed by atoms with Crippen molar-refractivity contribution in [2.45, 2.75) is 0 Å². The molecule has 0 unspecified atom stereocenters. The minimum atomic E-state index is -0.304. The fourth-order valence-electron chi connectivity index (χ4n) is 2.33. The highest BCUT2D eigenvalue weighted by atomic mass is 35.5. The predicted octanol–water partition coefficient (Wildman–Crippen LogP) is 5.39. The number of aromatic nitrogens is 1. The van der Waals surface area contributed by atoms with Crippen LogP contribution in [0.15, 0.2) is 60.8 Å². The third-order valence-electron chi connectivity index (χ3n) is 3.53. The molecule has 0 atom stereocenters. The lowest BCUT2D eigenvalue weighted by Crippen LogP contribution is -2.13. The normalized spacial score (nSPS) is 10.3. The monoisotopic (exact) mass is 387 g/mol. The minimum Gasteiger partial charge on any atom is -0.495 e. The lowest BCUT2D eigenvalue weighted by molar-refractivity contribution is 0.102. The Balaban J connectivity index is 1.79. The second kappa shape index (κ2) is 8.08. The second-order valence-corrected chi connectivity index (χ2v) is 6.24. The molecule has 1 heterocycles. The number of nitrogens with zero attached hydrogens (tertiary/aromatic N) is 1. The maximum atomic E-state index is 12.6. The van der Waals surface area contributed by atoms with Crippen molar-refractivity contribution < 1.29 is 9.53 Å². The maximum Gasteiger partial charge on any atom is 0.255 e. The summed E-state index contributed by atoms with van der Waals surface area (Å²) in [5, 5.41) is 7.02. The van der Waals surface area contributed by atoms with Crippen LogP contribution in [0.1, 0.15) is 10.4 Å². The molecular weight excluding hydrogens is 373 g/mol. The summed E-state index contributed by atoms with van der Waals surface area (Å²) in [7, 11) is 1.53. The van der Waals surface area contributed by atoms with Gasteiger partial charge in [-0.25, -0.2) is 4.98 Å². The number of rotatable bonds is 5. The SMILES string of the molecule is COc1ccc(Cl)cc1NC(=O)c1ccnc(Nc2cccc(Cl)c2)c1. The van der Waals surface area contributed by atoms with E-state index in [9.17, 15) is 4.79 Å². The van der Waals surface area contributed by atoms with E-state index in [4.69, 9.17) is 27.9 Å². The van der Waals surface area contributed by atoms with Gasteiger partial charge in [-0.15, -0.1) is 0 Å². The lowest BCUT2D eigenvalue weighted by atomic mass is 10.2. The number of anilines is 3. The van der Waals surface area contributed by atoms with Gasteiger partial charge in [0, 0.05) is 27.5 Å². The van der Waals surface area contributed by atoms with Crippen molar-refractivity contribution in [2.24, 2.45) is 0 Å². The van der Waals surface area contributed by atoms with Gasteiger partial charge in [-0.2, -0.15) is 0 Å². The molecule has 5 nitrogen and oxygen atoms in total. The van der Waals surface area contributed by atoms with Crippen molar-refractivity contribution in [2.75, 3.05) is 17.7 Å². The Morgan fingerprint density at radius 1 is 1.04 bits per heavy atom. The zero-order valence-corrected chi connectivity index (χ0v) is 15.3. The van der Waals surface area contributed by atoms with Crippen LogP contribution >= 0.6 is 23.2 Å². The van der Waals surface area contributed by atoms with Crippen LogP contribution in [0.2, 0.25) is 10.0 Å². The number of nitrogens with one attached hydrogen (secondary N) is 2. The quantitative estimate of drug-likeness (QED) is 0.615. The van der Waals surface area contributed by atoms with Gasteiger partial charge in [-0.05, 0) is 48.5 Å². The Hall–Kier alpha value is -2.76. The molecular formula is C19H15Cl2N3O2. The van der Waals surface area contributed by atoms with Gasteiger partial charge in [0.15, 0.2) is 0 Å². The molecule has 26 heavy (non-hydrogen) atoms. The van der Waals surface area contributed by atoms with E-state index in [2.05, 4.69) is 15.6 Å². The molecule has 0 fully saturated rings. The molecule has 132 valence electrons. The summed E-state index contributed by atoms with van der Waals surface area (Å²) >= 11 is 12.0. The van der Waals surface area contributed by atoms with Crippen LogP contribution in [0, 0.1) is 0 Å². The standard InChI is InChI=1S/C19H15Cl2N3O2/c1-26-17-6-5-14(21)11-16(17)24-19(25)12-7-8-22-18(9-12)23-15-4-2-3-13(20)10-15/h2-11H,1H3,(H,22,23)(H,24,25). The minimum absolute atomic E-state index is 0.304. The van der Waals surface area contributed by atoms with Crippen molar-refractivity contribution in [1.29, 1.82) is 0 Å². The molecule has 0 aliphatic heterocycles. The lowest BCUT2D eigenvalue weighted by Gasteiger charge is -2.11. The largest absolute Gasteiger partial charge is 0.495 e. The first kappa shape index (κ1) is 18.0. The average molecular weight is 388 g/mol. The zero-order chi connectivity index (χ0) is 18.5. The molecule has 1 amide bonds. The first-order valence-corrected chi connectivity index (χ1v) is 8.44. The molecule has 0 saturated heterocycles. The van der Waals surface area contributed by atoms with Gasteiger partial charge < -0.3 is 15.4 Å². The first-order valence-electron chi connectivity index (χ1n) is 7.69. The molecule has 0 radical (unpaired) electrons. The summed E-state index contributed by atoms with van der Waals surface area (Å²) in [5.41, 5.74) is 1.71. The van der Waals surface area contributed by atoms with E-state index >= 15 is 0 Å². The molecule has 0 aliphatic rings. The number of ether oxygens (including phenoxy) is 1. The second-order valence-electron chi connectivity index (χ2n) is 5.36. The number of carbonyl (C=O) groups is 1. The number of hydrogen-bond acceptors (Lipinski definition) is 4. The topological polar surface area (TPSA) is 63.2 Å². The van der Waals surface area contributed by atoms with Crippen molar-refractivity contribution in [3.8, 4) is 5.75 Å². The van der Waals surface area contributed by atoms with Gasteiger partial charge in [0.1, 0.15) is 11.6 Å². The first-order chi connectivity index (χ1) is 12.5. The molecule has 0 bridgehead atoms. The number of pyridine rings is 1. The number of amides is 1. The highest BCUT2D eigenvalue weighted by Crippen LogP contribution is 2.28. The summed E-state index contributed by atoms with van der Waals surface area (Å²) in [6, 6.07) is 15.5. The third-order valence-corrected chi connectivity index (χ3v) is 4.00. The molecule has 1 aromatic heterocycles. The van der Waals surface area contributed by atoms with Crippen molar-refractivity contribution in [3.05, 3.63) is 76.4 Å². The summed E-state index contributed by atoms with van der Waals surface area (Å²) < 4.78 is 5.24. The molecule has 3 rings (SSSR count). The van der Waals surface area contributed by atoms with Gasteiger partial charge in [0.05, 0.1) is 12.8 Å². The van der Waals surface area contributed by atoms with Gasteiger partial charge in [-0.3, -0.25) is 4.79 Å². The Kier molecular flexibility index (Phi) is 5.61. The fraction of sp³-hybridized carbons (Fsp3) is 0.0526. The van der Waals surface area contributed by atoms with E-state index in [1.165, 1.54) is 7.11 Å². The maximum absolute atomic E-state index is 12.6. The van der Waals surface area contributed by atoms with Crippen molar-refractivity contribution >= 4 is 46.3 Å². The predicted molar refractivity (Wildman–Crippen MR) is 105 cm³/mol. The Bertz CT molecular complexity index is 948. The Morgan fingerprint density at radius 2 is 1.85 bits per heavy atom. The summed E-state index contributed by atoms with van der Waals surface area (Å²) in [6.45, 7) is 0. The van der Waals surface area contributed by atoms with Crippen LogP contribution < -0.4 is 15.4 Å². The zero-order valence-electron chi connectivity index (χ0n) is 13.8. The summed E-state index contributed by atoms with van der Waals surface area (Å²) in [4.78, 5) is 16.8. The average Bonchev–Trinajstić information content (AvgIpc) is 2.62. The van der Waals surface area contributed by atoms with E-state index < -0.39 is 0 Å². The van der Waals surface area contributed by atoms with Crippen LogP contribution in [0.5, 0.6) is 5.75 Å². The molecule has 0 aliphatic carbocycles. The number of methoxy groups -OCH3 is 1. The van der Waals surface area contributed by atoms with E-state index in [-0.39, 0.29) is 5.91 Å². The van der Waals surface area contributed by atoms with Crippen LogP contribution in [-0.2, 0) is 0 Å². The third kappa shape index (κ3) is 4.45. The van der Waals surface area contributed by atoms with Gasteiger partial charge >= 0.3 is 0 Å². The van der Waals surface area contributed by atoms with Crippen LogP contribution in [0.25, 0.3) is 0 Å². The van der Waals surface area contributed by atoms with Gasteiger partial charge in [0.2, 0.25) is 0 Å². The van der Waals surface area contributed by atoms with Gasteiger partial charge in [0.25, 0.3) is 5.91 Å². The summed E-state index contributed by atoms with van der Waals surface area (Å²) in [5.74, 6) is 0.745. The molecule has 2 N–H and O–H groups in total. The van der Waals surface area contributed by atoms with E-state index in [0.29, 0.717) is 32.9 Å². The number of hydrogen-bond donors (Lipinski definition) is 2. The van der Waals surface area contributed by atoms with Gasteiger partial charge in [-0.1, -0.05) is 29.3 Å². The van der Waals surface area contributed by atoms with E-state index in [1.54, 1.807) is 48.7 Å². The molecule has 0 spiro atoms. The van der Waals surface area contributed by atoms with E-state index in [1.807, 2.05) is 12.1 Å². The van der Waals surface area contributed by atoms with E-state index in [0.717, 1.165) is 5.69 Å². The Morgan fingerprint density at radius 3 is 2.62 bits per heavy atom. The van der Waals surface area contributed by atoms with Crippen molar-refractivity contribution in [3.63, 3.8) is 0 Å². The molecule has 2 aromatic carbocycles. The van der Waals surface area contributed by atoms with Crippen LogP contribution in [0.4, 0.5) is 17.2 Å². The number of halogens is 2. The van der Waals surface area contributed by atoms with Crippen molar-refractivity contribution in [1.82, 2.24) is 4.98 Å². The van der Waals surface area contributed by atoms with Crippen LogP contribution in [0.3, 0.4) is 0 Å². The highest BCUT2D eigenvalue weighted by Gasteiger charge is 2.11. The molecule has 3 aromatic rings. The molecule has 7 heteroatoms. The summed E-state index contributed by atoms with van der Waals surface area (Å²) in [6.07, 6.45) is 1.55. The molecule has 0 saturated carbocycles. The highest BCUT2D eigenvalue weighted by molar-refractivity contribution is 6.31. The fourth-order valence-corrected chi connectivity index (χ4v) is 2.69. The number of benzene rings is 2. The smallest absolute Gasteiger partial charge is 0.255 e. The Labute approximate surface area is 160 Å². The number of carbonyl (C=O) groups excluding carboxylic acids is 1.